The Bertz CT molecular complexity index is 329. The summed E-state index contributed by atoms with van der Waals surface area (Å²) in [6.07, 6.45) is 2.02. The van der Waals surface area contributed by atoms with Crippen LogP contribution in [0.15, 0.2) is 24.3 Å². The van der Waals surface area contributed by atoms with Crippen molar-refractivity contribution < 1.29 is 4.74 Å². The lowest BCUT2D eigenvalue weighted by Gasteiger charge is -2.29. The normalized spacial score (nSPS) is 11.9. The smallest absolute Gasteiger partial charge is 0.124 e. The Balaban J connectivity index is 3.11. The van der Waals surface area contributed by atoms with Crippen LogP contribution >= 0.6 is 0 Å². The highest BCUT2D eigenvalue weighted by atomic mass is 16.5. The summed E-state index contributed by atoms with van der Waals surface area (Å²) in [5.74, 6) is 0.920. The lowest BCUT2D eigenvalue weighted by atomic mass is 9.85. The first-order valence-electron chi connectivity index (χ1n) is 6.08. The molecule has 0 unspecified atom stereocenters. The van der Waals surface area contributed by atoms with Crippen LogP contribution < -0.4 is 10.5 Å². The van der Waals surface area contributed by atoms with Gasteiger partial charge in [0.25, 0.3) is 0 Å². The fraction of sp³-hybridized carbons (Fsp3) is 0.571. The molecule has 0 bridgehead atoms. The number of rotatable bonds is 5. The van der Waals surface area contributed by atoms with Gasteiger partial charge in [0.05, 0.1) is 6.10 Å². The third kappa shape index (κ3) is 2.76. The summed E-state index contributed by atoms with van der Waals surface area (Å²) < 4.78 is 5.82. The van der Waals surface area contributed by atoms with Gasteiger partial charge in [0, 0.05) is 11.1 Å². The fourth-order valence-corrected chi connectivity index (χ4v) is 1.87. The standard InChI is InChI=1S/C14H23NO/c1-5-14(15,6-2)12-9-7-8-10-13(12)16-11(3)4/h7-11H,5-6,15H2,1-4H3. The maximum absolute atomic E-state index is 6.41. The molecule has 16 heavy (non-hydrogen) atoms. The molecule has 2 heteroatoms. The Hall–Kier alpha value is -1.02. The SMILES string of the molecule is CCC(N)(CC)c1ccccc1OC(C)C. The Morgan fingerprint density at radius 3 is 2.25 bits per heavy atom. The van der Waals surface area contributed by atoms with Gasteiger partial charge in [-0.3, -0.25) is 0 Å². The first kappa shape index (κ1) is 13.0. The van der Waals surface area contributed by atoms with Crippen molar-refractivity contribution in [2.75, 3.05) is 0 Å². The van der Waals surface area contributed by atoms with Crippen molar-refractivity contribution in [3.8, 4) is 5.75 Å². The molecule has 0 aromatic heterocycles. The molecule has 2 N–H and O–H groups in total. The van der Waals surface area contributed by atoms with E-state index >= 15 is 0 Å². The van der Waals surface area contributed by atoms with Crippen LogP contribution in [0.1, 0.15) is 46.1 Å². The predicted molar refractivity (Wildman–Crippen MR) is 68.7 cm³/mol. The summed E-state index contributed by atoms with van der Waals surface area (Å²) >= 11 is 0. The van der Waals surface area contributed by atoms with Crippen LogP contribution in [0.3, 0.4) is 0 Å². The van der Waals surface area contributed by atoms with Crippen LogP contribution in [0.25, 0.3) is 0 Å². The van der Waals surface area contributed by atoms with Crippen molar-refractivity contribution >= 4 is 0 Å². The molecule has 1 aromatic rings. The van der Waals surface area contributed by atoms with Gasteiger partial charge in [-0.1, -0.05) is 32.0 Å². The van der Waals surface area contributed by atoms with Gasteiger partial charge in [-0.25, -0.2) is 0 Å². The maximum atomic E-state index is 6.41. The average Bonchev–Trinajstić information content (AvgIpc) is 2.28. The molecule has 1 aromatic carbocycles. The van der Waals surface area contributed by atoms with Crippen molar-refractivity contribution in [1.29, 1.82) is 0 Å². The molecule has 2 nitrogen and oxygen atoms in total. The Labute approximate surface area is 98.8 Å². The molecular weight excluding hydrogens is 198 g/mol. The van der Waals surface area contributed by atoms with E-state index in [4.69, 9.17) is 10.5 Å². The molecule has 0 aliphatic rings. The zero-order chi connectivity index (χ0) is 12.2. The van der Waals surface area contributed by atoms with Gasteiger partial charge in [0.2, 0.25) is 0 Å². The van der Waals surface area contributed by atoms with Crippen molar-refractivity contribution in [3.05, 3.63) is 29.8 Å². The second kappa shape index (κ2) is 5.35. The number of para-hydroxylation sites is 1. The third-order valence-electron chi connectivity index (χ3n) is 3.05. The lowest BCUT2D eigenvalue weighted by molar-refractivity contribution is 0.232. The molecule has 0 atom stereocenters. The number of hydrogen-bond acceptors (Lipinski definition) is 2. The van der Waals surface area contributed by atoms with Gasteiger partial charge in [-0.05, 0) is 32.8 Å². The van der Waals surface area contributed by atoms with Crippen molar-refractivity contribution in [3.63, 3.8) is 0 Å². The van der Waals surface area contributed by atoms with Crippen molar-refractivity contribution in [2.45, 2.75) is 52.2 Å². The highest BCUT2D eigenvalue weighted by Gasteiger charge is 2.26. The first-order valence-corrected chi connectivity index (χ1v) is 6.08. The molecule has 1 rings (SSSR count). The van der Waals surface area contributed by atoms with E-state index < -0.39 is 0 Å². The number of hydrogen-bond donors (Lipinski definition) is 1. The molecule has 0 aliphatic heterocycles. The average molecular weight is 221 g/mol. The van der Waals surface area contributed by atoms with Gasteiger partial charge in [0.15, 0.2) is 0 Å². The zero-order valence-electron chi connectivity index (χ0n) is 10.8. The first-order chi connectivity index (χ1) is 7.53. The van der Waals surface area contributed by atoms with Gasteiger partial charge < -0.3 is 10.5 Å². The van der Waals surface area contributed by atoms with Crippen LogP contribution in [0.4, 0.5) is 0 Å². The van der Waals surface area contributed by atoms with E-state index in [1.165, 1.54) is 0 Å². The maximum Gasteiger partial charge on any atom is 0.124 e. The second-order valence-electron chi connectivity index (χ2n) is 4.53. The molecule has 0 saturated carbocycles. The fourth-order valence-electron chi connectivity index (χ4n) is 1.87. The summed E-state index contributed by atoms with van der Waals surface area (Å²) in [5, 5.41) is 0. The number of benzene rings is 1. The van der Waals surface area contributed by atoms with E-state index in [1.807, 2.05) is 32.0 Å². The van der Waals surface area contributed by atoms with E-state index in [-0.39, 0.29) is 11.6 Å². The molecule has 0 radical (unpaired) electrons. The highest BCUT2D eigenvalue weighted by molar-refractivity contribution is 5.39. The summed E-state index contributed by atoms with van der Waals surface area (Å²) in [7, 11) is 0. The molecule has 0 aliphatic carbocycles. The van der Waals surface area contributed by atoms with Gasteiger partial charge >= 0.3 is 0 Å². The number of nitrogens with two attached hydrogens (primary N) is 1. The van der Waals surface area contributed by atoms with Crippen LogP contribution in [0.5, 0.6) is 5.75 Å². The van der Waals surface area contributed by atoms with Gasteiger partial charge in [-0.2, -0.15) is 0 Å². The van der Waals surface area contributed by atoms with E-state index in [1.54, 1.807) is 0 Å². The minimum Gasteiger partial charge on any atom is -0.491 e. The van der Waals surface area contributed by atoms with E-state index in [9.17, 15) is 0 Å². The molecule has 0 heterocycles. The van der Waals surface area contributed by atoms with Crippen LogP contribution in [-0.4, -0.2) is 6.10 Å². The molecule has 0 saturated heterocycles. The zero-order valence-corrected chi connectivity index (χ0v) is 10.8. The minimum atomic E-state index is -0.272. The Kier molecular flexibility index (Phi) is 4.36. The van der Waals surface area contributed by atoms with Crippen molar-refractivity contribution in [2.24, 2.45) is 5.73 Å². The summed E-state index contributed by atoms with van der Waals surface area (Å²) in [4.78, 5) is 0. The third-order valence-corrected chi connectivity index (χ3v) is 3.05. The largest absolute Gasteiger partial charge is 0.491 e. The van der Waals surface area contributed by atoms with Crippen LogP contribution in [0.2, 0.25) is 0 Å². The van der Waals surface area contributed by atoms with Gasteiger partial charge in [-0.15, -0.1) is 0 Å². The molecular formula is C14H23NO. The van der Waals surface area contributed by atoms with Crippen molar-refractivity contribution in [1.82, 2.24) is 0 Å². The number of ether oxygens (including phenoxy) is 1. The van der Waals surface area contributed by atoms with Gasteiger partial charge in [0.1, 0.15) is 5.75 Å². The molecule has 0 spiro atoms. The second-order valence-corrected chi connectivity index (χ2v) is 4.53. The van der Waals surface area contributed by atoms with Crippen LogP contribution in [-0.2, 0) is 5.54 Å². The molecule has 90 valence electrons. The topological polar surface area (TPSA) is 35.2 Å². The Morgan fingerprint density at radius 2 is 1.75 bits per heavy atom. The molecule has 0 amide bonds. The quantitative estimate of drug-likeness (QED) is 0.826. The minimum absolute atomic E-state index is 0.180. The van der Waals surface area contributed by atoms with E-state index in [2.05, 4.69) is 19.9 Å². The highest BCUT2D eigenvalue weighted by Crippen LogP contribution is 2.33. The molecule has 0 fully saturated rings. The monoisotopic (exact) mass is 221 g/mol. The summed E-state index contributed by atoms with van der Waals surface area (Å²) in [5.41, 5.74) is 7.26. The lowest BCUT2D eigenvalue weighted by Crippen LogP contribution is -2.35. The van der Waals surface area contributed by atoms with Crippen LogP contribution in [0, 0.1) is 0 Å². The predicted octanol–water partition coefficient (Wildman–Crippen LogP) is 3.45. The summed E-state index contributed by atoms with van der Waals surface area (Å²) in [6, 6.07) is 8.09. The van der Waals surface area contributed by atoms with E-state index in [0.29, 0.717) is 0 Å². The van der Waals surface area contributed by atoms with E-state index in [0.717, 1.165) is 24.2 Å². The Morgan fingerprint density at radius 1 is 1.19 bits per heavy atom. The summed E-state index contributed by atoms with van der Waals surface area (Å²) in [6.45, 7) is 8.31.